The molecule has 0 heterocycles. The third kappa shape index (κ3) is 2.95. The summed E-state index contributed by atoms with van der Waals surface area (Å²) < 4.78 is 0. The van der Waals surface area contributed by atoms with Gasteiger partial charge in [0.25, 0.3) is 0 Å². The van der Waals surface area contributed by atoms with Crippen LogP contribution >= 0.6 is 0 Å². The zero-order valence-corrected chi connectivity index (χ0v) is 13.5. The molecule has 3 rings (SSSR count). The minimum atomic E-state index is 0.313. The van der Waals surface area contributed by atoms with Crippen LogP contribution in [-0.2, 0) is 0 Å². The van der Waals surface area contributed by atoms with Crippen molar-refractivity contribution < 1.29 is 5.11 Å². The van der Waals surface area contributed by atoms with Crippen molar-refractivity contribution in [2.24, 2.45) is 0 Å². The second-order valence-corrected chi connectivity index (χ2v) is 6.73. The van der Waals surface area contributed by atoms with E-state index in [4.69, 9.17) is 0 Å². The van der Waals surface area contributed by atoms with Crippen molar-refractivity contribution in [1.82, 2.24) is 10.2 Å². The van der Waals surface area contributed by atoms with Gasteiger partial charge in [0.2, 0.25) is 0 Å². The Morgan fingerprint density at radius 1 is 1.29 bits per heavy atom. The SMILES string of the molecule is CCN(CCNC1CC(C)c2c(C)ccc(O)c21)C1CC1. The van der Waals surface area contributed by atoms with E-state index in [1.807, 2.05) is 12.1 Å². The second-order valence-electron chi connectivity index (χ2n) is 6.73. The first-order chi connectivity index (χ1) is 10.1. The number of hydrogen-bond acceptors (Lipinski definition) is 3. The number of aryl methyl sites for hydroxylation is 1. The number of hydrogen-bond donors (Lipinski definition) is 2. The third-order valence-corrected chi connectivity index (χ3v) is 5.17. The maximum atomic E-state index is 10.2. The van der Waals surface area contributed by atoms with Gasteiger partial charge in [-0.1, -0.05) is 19.9 Å². The van der Waals surface area contributed by atoms with Gasteiger partial charge < -0.3 is 10.4 Å². The fourth-order valence-corrected chi connectivity index (χ4v) is 3.95. The molecule has 2 aliphatic rings. The third-order valence-electron chi connectivity index (χ3n) is 5.17. The standard InChI is InChI=1S/C18H28N2O/c1-4-20(14-6-7-14)10-9-19-15-11-13(3)17-12(2)5-8-16(21)18(15)17/h5,8,13-15,19,21H,4,6-7,9-11H2,1-3H3. The normalized spacial score (nSPS) is 24.6. The monoisotopic (exact) mass is 288 g/mol. The van der Waals surface area contributed by atoms with Crippen LogP contribution in [0.2, 0.25) is 0 Å². The highest BCUT2D eigenvalue weighted by Crippen LogP contribution is 2.45. The molecular formula is C18H28N2O. The van der Waals surface area contributed by atoms with Crippen LogP contribution in [0.15, 0.2) is 12.1 Å². The first-order valence-corrected chi connectivity index (χ1v) is 8.41. The van der Waals surface area contributed by atoms with Gasteiger partial charge in [0.05, 0.1) is 0 Å². The zero-order valence-electron chi connectivity index (χ0n) is 13.5. The minimum absolute atomic E-state index is 0.313. The number of likely N-dealkylation sites (N-methyl/N-ethyl adjacent to an activating group) is 1. The highest BCUT2D eigenvalue weighted by molar-refractivity contribution is 5.50. The number of phenolic OH excluding ortho intramolecular Hbond substituents is 1. The van der Waals surface area contributed by atoms with E-state index in [-0.39, 0.29) is 0 Å². The van der Waals surface area contributed by atoms with Crippen LogP contribution in [-0.4, -0.2) is 35.7 Å². The Kier molecular flexibility index (Phi) is 4.23. The summed E-state index contributed by atoms with van der Waals surface area (Å²) in [6, 6.07) is 5.04. The predicted molar refractivity (Wildman–Crippen MR) is 86.9 cm³/mol. The van der Waals surface area contributed by atoms with Gasteiger partial charge in [-0.05, 0) is 55.8 Å². The van der Waals surface area contributed by atoms with E-state index in [1.54, 1.807) is 0 Å². The molecule has 0 amide bonds. The Balaban J connectivity index is 1.64. The van der Waals surface area contributed by atoms with Crippen molar-refractivity contribution in [3.05, 3.63) is 28.8 Å². The number of rotatable bonds is 6. The number of aromatic hydroxyl groups is 1. The van der Waals surface area contributed by atoms with Gasteiger partial charge >= 0.3 is 0 Å². The zero-order chi connectivity index (χ0) is 15.0. The topological polar surface area (TPSA) is 35.5 Å². The van der Waals surface area contributed by atoms with Gasteiger partial charge in [0.15, 0.2) is 0 Å². The molecule has 1 aromatic carbocycles. The Morgan fingerprint density at radius 2 is 2.05 bits per heavy atom. The highest BCUT2D eigenvalue weighted by Gasteiger charge is 2.32. The summed E-state index contributed by atoms with van der Waals surface area (Å²) in [4.78, 5) is 2.57. The predicted octanol–water partition coefficient (Wildman–Crippen LogP) is 3.32. The van der Waals surface area contributed by atoms with E-state index < -0.39 is 0 Å². The fraction of sp³-hybridized carbons (Fsp3) is 0.667. The molecule has 0 bridgehead atoms. The number of benzene rings is 1. The fourth-order valence-electron chi connectivity index (χ4n) is 3.95. The molecule has 2 N–H and O–H groups in total. The van der Waals surface area contributed by atoms with Crippen molar-refractivity contribution in [3.63, 3.8) is 0 Å². The van der Waals surface area contributed by atoms with Crippen LogP contribution in [0.25, 0.3) is 0 Å². The van der Waals surface area contributed by atoms with Crippen LogP contribution < -0.4 is 5.32 Å². The average Bonchev–Trinajstić information content (AvgIpc) is 3.24. The first kappa shape index (κ1) is 14.9. The summed E-state index contributed by atoms with van der Waals surface area (Å²) in [5.74, 6) is 1.00. The summed E-state index contributed by atoms with van der Waals surface area (Å²) in [5.41, 5.74) is 3.83. The van der Waals surface area contributed by atoms with Gasteiger partial charge in [0.1, 0.15) is 5.75 Å². The largest absolute Gasteiger partial charge is 0.508 e. The molecule has 2 aliphatic carbocycles. The molecule has 1 fully saturated rings. The molecule has 2 unspecified atom stereocenters. The smallest absolute Gasteiger partial charge is 0.120 e. The van der Waals surface area contributed by atoms with Gasteiger partial charge in [-0.15, -0.1) is 0 Å². The van der Waals surface area contributed by atoms with E-state index in [1.165, 1.54) is 24.0 Å². The van der Waals surface area contributed by atoms with Crippen LogP contribution in [0.3, 0.4) is 0 Å². The summed E-state index contributed by atoms with van der Waals surface area (Å²) in [7, 11) is 0. The molecule has 3 heteroatoms. The molecule has 2 atom stereocenters. The Labute approximate surface area is 128 Å². The van der Waals surface area contributed by atoms with Crippen LogP contribution in [0.5, 0.6) is 5.75 Å². The number of phenols is 1. The molecule has 1 saturated carbocycles. The highest BCUT2D eigenvalue weighted by atomic mass is 16.3. The first-order valence-electron chi connectivity index (χ1n) is 8.41. The maximum absolute atomic E-state index is 10.2. The summed E-state index contributed by atoms with van der Waals surface area (Å²) in [5, 5.41) is 13.9. The van der Waals surface area contributed by atoms with E-state index in [9.17, 15) is 5.11 Å². The van der Waals surface area contributed by atoms with Gasteiger partial charge in [0, 0.05) is 30.7 Å². The van der Waals surface area contributed by atoms with Crippen molar-refractivity contribution in [3.8, 4) is 5.75 Å². The lowest BCUT2D eigenvalue weighted by atomic mass is 9.97. The quantitative estimate of drug-likeness (QED) is 0.843. The molecule has 0 spiro atoms. The van der Waals surface area contributed by atoms with Crippen LogP contribution in [0, 0.1) is 6.92 Å². The molecule has 3 nitrogen and oxygen atoms in total. The van der Waals surface area contributed by atoms with Gasteiger partial charge in [-0.3, -0.25) is 4.90 Å². The molecule has 0 aromatic heterocycles. The lowest BCUT2D eigenvalue weighted by Gasteiger charge is -2.22. The molecule has 21 heavy (non-hydrogen) atoms. The van der Waals surface area contributed by atoms with Crippen molar-refractivity contribution in [2.75, 3.05) is 19.6 Å². The van der Waals surface area contributed by atoms with Gasteiger partial charge in [-0.2, -0.15) is 0 Å². The number of nitrogens with zero attached hydrogens (tertiary/aromatic N) is 1. The summed E-state index contributed by atoms with van der Waals surface area (Å²) in [6.07, 6.45) is 3.84. The molecule has 1 aromatic rings. The molecule has 116 valence electrons. The molecule has 0 saturated heterocycles. The number of fused-ring (bicyclic) bond motifs is 1. The lowest BCUT2D eigenvalue weighted by Crippen LogP contribution is -2.34. The van der Waals surface area contributed by atoms with Gasteiger partial charge in [-0.25, -0.2) is 0 Å². The van der Waals surface area contributed by atoms with E-state index in [0.717, 1.165) is 37.7 Å². The Bertz CT molecular complexity index is 510. The van der Waals surface area contributed by atoms with E-state index >= 15 is 0 Å². The van der Waals surface area contributed by atoms with Crippen molar-refractivity contribution in [2.45, 2.75) is 58.0 Å². The second kappa shape index (κ2) is 5.98. The number of nitrogens with one attached hydrogen (secondary N) is 1. The Morgan fingerprint density at radius 3 is 2.71 bits per heavy atom. The average molecular weight is 288 g/mol. The maximum Gasteiger partial charge on any atom is 0.120 e. The summed E-state index contributed by atoms with van der Waals surface area (Å²) in [6.45, 7) is 9.95. The molecule has 0 radical (unpaired) electrons. The van der Waals surface area contributed by atoms with E-state index in [2.05, 4.69) is 31.0 Å². The Hall–Kier alpha value is -1.06. The molecule has 0 aliphatic heterocycles. The van der Waals surface area contributed by atoms with Crippen molar-refractivity contribution >= 4 is 0 Å². The van der Waals surface area contributed by atoms with Crippen LogP contribution in [0.4, 0.5) is 0 Å². The minimum Gasteiger partial charge on any atom is -0.508 e. The van der Waals surface area contributed by atoms with Crippen LogP contribution in [0.1, 0.15) is 61.8 Å². The molecular weight excluding hydrogens is 260 g/mol. The van der Waals surface area contributed by atoms with E-state index in [0.29, 0.717) is 17.7 Å². The summed E-state index contributed by atoms with van der Waals surface area (Å²) >= 11 is 0. The lowest BCUT2D eigenvalue weighted by molar-refractivity contribution is 0.271. The van der Waals surface area contributed by atoms with Crippen molar-refractivity contribution in [1.29, 1.82) is 0 Å².